The number of rotatable bonds is 4. The van der Waals surface area contributed by atoms with E-state index in [1.54, 1.807) is 6.07 Å². The minimum Gasteiger partial charge on any atom is -0.335 e. The molecule has 0 saturated carbocycles. The number of urea groups is 1. The molecular formula is C13H20N2O3S. The molecule has 0 aromatic heterocycles. The highest BCUT2D eigenvalue weighted by molar-refractivity contribution is 7.90. The summed E-state index contributed by atoms with van der Waals surface area (Å²) in [6.45, 7) is 5.69. The number of carbonyl (C=O) groups is 1. The predicted octanol–water partition coefficient (Wildman–Crippen LogP) is 2.32. The maximum atomic E-state index is 11.7. The summed E-state index contributed by atoms with van der Waals surface area (Å²) in [4.78, 5) is 11.9. The molecule has 1 rings (SSSR count). The van der Waals surface area contributed by atoms with Crippen LogP contribution in [0.15, 0.2) is 23.1 Å². The lowest BCUT2D eigenvalue weighted by molar-refractivity contribution is 0.249. The lowest BCUT2D eigenvalue weighted by atomic mass is 10.2. The van der Waals surface area contributed by atoms with Crippen LogP contribution in [-0.4, -0.2) is 26.7 Å². The van der Waals surface area contributed by atoms with Crippen molar-refractivity contribution in [1.82, 2.24) is 5.32 Å². The molecular weight excluding hydrogens is 264 g/mol. The summed E-state index contributed by atoms with van der Waals surface area (Å²) in [5, 5.41) is 5.44. The maximum absolute atomic E-state index is 11.7. The van der Waals surface area contributed by atoms with Gasteiger partial charge in [0, 0.05) is 18.0 Å². The summed E-state index contributed by atoms with van der Waals surface area (Å²) in [6.07, 6.45) is 1.97. The van der Waals surface area contributed by atoms with E-state index in [1.165, 1.54) is 12.1 Å². The van der Waals surface area contributed by atoms with Crippen molar-refractivity contribution in [1.29, 1.82) is 0 Å². The molecule has 0 radical (unpaired) electrons. The average Bonchev–Trinajstić information content (AvgIpc) is 2.30. The number of amides is 2. The molecule has 6 heteroatoms. The van der Waals surface area contributed by atoms with Gasteiger partial charge in [0.1, 0.15) is 0 Å². The van der Waals surface area contributed by atoms with Crippen molar-refractivity contribution in [3.63, 3.8) is 0 Å². The summed E-state index contributed by atoms with van der Waals surface area (Å²) in [6, 6.07) is 4.42. The first kappa shape index (κ1) is 15.5. The van der Waals surface area contributed by atoms with Crippen LogP contribution < -0.4 is 10.6 Å². The fourth-order valence-corrected chi connectivity index (χ4v) is 2.10. The molecule has 2 amide bonds. The van der Waals surface area contributed by atoms with Crippen molar-refractivity contribution in [2.45, 2.75) is 38.1 Å². The van der Waals surface area contributed by atoms with E-state index in [-0.39, 0.29) is 17.0 Å². The number of aryl methyl sites for hydroxylation is 1. The monoisotopic (exact) mass is 284 g/mol. The number of benzene rings is 1. The van der Waals surface area contributed by atoms with Gasteiger partial charge in [-0.15, -0.1) is 0 Å². The van der Waals surface area contributed by atoms with E-state index < -0.39 is 9.84 Å². The van der Waals surface area contributed by atoms with E-state index in [4.69, 9.17) is 0 Å². The van der Waals surface area contributed by atoms with Gasteiger partial charge in [-0.3, -0.25) is 0 Å². The van der Waals surface area contributed by atoms with E-state index in [1.807, 2.05) is 20.8 Å². The van der Waals surface area contributed by atoms with Crippen LogP contribution >= 0.6 is 0 Å². The Hall–Kier alpha value is -1.56. The minimum absolute atomic E-state index is 0.0680. The van der Waals surface area contributed by atoms with Crippen molar-refractivity contribution >= 4 is 21.6 Å². The normalized spacial score (nSPS) is 12.8. The number of carbonyl (C=O) groups excluding carboxylic acids is 1. The van der Waals surface area contributed by atoms with Gasteiger partial charge >= 0.3 is 6.03 Å². The maximum Gasteiger partial charge on any atom is 0.319 e. The quantitative estimate of drug-likeness (QED) is 0.891. The topological polar surface area (TPSA) is 75.3 Å². The molecule has 0 saturated heterocycles. The van der Waals surface area contributed by atoms with Crippen LogP contribution in [0.25, 0.3) is 0 Å². The van der Waals surface area contributed by atoms with Gasteiger partial charge in [-0.2, -0.15) is 0 Å². The van der Waals surface area contributed by atoms with E-state index >= 15 is 0 Å². The number of sulfone groups is 1. The molecule has 1 aromatic rings. The second-order valence-electron chi connectivity index (χ2n) is 4.66. The number of hydrogen-bond acceptors (Lipinski definition) is 3. The third-order valence-corrected chi connectivity index (χ3v) is 3.99. The SMILES string of the molecule is CC[C@@H](C)NC(=O)Nc1cc(S(C)(=O)=O)ccc1C. The zero-order valence-corrected chi connectivity index (χ0v) is 12.5. The molecule has 0 unspecified atom stereocenters. The fourth-order valence-electron chi connectivity index (χ4n) is 1.45. The summed E-state index contributed by atoms with van der Waals surface area (Å²) in [7, 11) is -3.28. The van der Waals surface area contributed by atoms with Gasteiger partial charge in [-0.05, 0) is 38.0 Å². The highest BCUT2D eigenvalue weighted by Crippen LogP contribution is 2.20. The van der Waals surface area contributed by atoms with Crippen LogP contribution in [-0.2, 0) is 9.84 Å². The lowest BCUT2D eigenvalue weighted by Gasteiger charge is -2.14. The van der Waals surface area contributed by atoms with Crippen molar-refractivity contribution in [2.75, 3.05) is 11.6 Å². The van der Waals surface area contributed by atoms with E-state index in [0.29, 0.717) is 5.69 Å². The zero-order valence-electron chi connectivity index (χ0n) is 11.6. The first-order valence-electron chi connectivity index (χ1n) is 6.12. The first-order chi connectivity index (χ1) is 8.74. The van der Waals surface area contributed by atoms with Gasteiger partial charge in [0.25, 0.3) is 0 Å². The third kappa shape index (κ3) is 4.55. The van der Waals surface area contributed by atoms with Crippen molar-refractivity contribution in [3.8, 4) is 0 Å². The Balaban J connectivity index is 2.92. The molecule has 0 fully saturated rings. The Morgan fingerprint density at radius 1 is 1.37 bits per heavy atom. The van der Waals surface area contributed by atoms with Gasteiger partial charge in [0.05, 0.1) is 4.90 Å². The summed E-state index contributed by atoms with van der Waals surface area (Å²) in [5.41, 5.74) is 1.32. The largest absolute Gasteiger partial charge is 0.335 e. The molecule has 1 atom stereocenters. The fraction of sp³-hybridized carbons (Fsp3) is 0.462. The molecule has 106 valence electrons. The smallest absolute Gasteiger partial charge is 0.319 e. The number of anilines is 1. The van der Waals surface area contributed by atoms with Gasteiger partial charge in [0.2, 0.25) is 0 Å². The van der Waals surface area contributed by atoms with Crippen LogP contribution in [0, 0.1) is 6.92 Å². The van der Waals surface area contributed by atoms with Crippen LogP contribution in [0.1, 0.15) is 25.8 Å². The minimum atomic E-state index is -3.28. The predicted molar refractivity (Wildman–Crippen MR) is 76.2 cm³/mol. The third-order valence-electron chi connectivity index (χ3n) is 2.88. The summed E-state index contributed by atoms with van der Waals surface area (Å²) in [5.74, 6) is 0. The second kappa shape index (κ2) is 6.06. The summed E-state index contributed by atoms with van der Waals surface area (Å²) < 4.78 is 23.0. The molecule has 0 aliphatic carbocycles. The highest BCUT2D eigenvalue weighted by Gasteiger charge is 2.12. The van der Waals surface area contributed by atoms with Gasteiger partial charge in [0.15, 0.2) is 9.84 Å². The van der Waals surface area contributed by atoms with Gasteiger partial charge in [-0.1, -0.05) is 13.0 Å². The molecule has 0 bridgehead atoms. The molecule has 0 spiro atoms. The molecule has 19 heavy (non-hydrogen) atoms. The zero-order chi connectivity index (χ0) is 14.6. The Morgan fingerprint density at radius 2 is 2.00 bits per heavy atom. The van der Waals surface area contributed by atoms with Gasteiger partial charge in [-0.25, -0.2) is 13.2 Å². The van der Waals surface area contributed by atoms with Crippen molar-refractivity contribution in [3.05, 3.63) is 23.8 Å². The van der Waals surface area contributed by atoms with Crippen molar-refractivity contribution in [2.24, 2.45) is 0 Å². The highest BCUT2D eigenvalue weighted by atomic mass is 32.2. The van der Waals surface area contributed by atoms with Gasteiger partial charge < -0.3 is 10.6 Å². The molecule has 2 N–H and O–H groups in total. The Kier molecular flexibility index (Phi) is 4.94. The van der Waals surface area contributed by atoms with E-state index in [9.17, 15) is 13.2 Å². The second-order valence-corrected chi connectivity index (χ2v) is 6.67. The molecule has 0 aliphatic heterocycles. The lowest BCUT2D eigenvalue weighted by Crippen LogP contribution is -2.35. The Bertz CT molecular complexity index is 567. The molecule has 0 aliphatic rings. The Morgan fingerprint density at radius 3 is 2.53 bits per heavy atom. The van der Waals surface area contributed by atoms with Crippen LogP contribution in [0.2, 0.25) is 0 Å². The number of nitrogens with one attached hydrogen (secondary N) is 2. The molecule has 0 heterocycles. The van der Waals surface area contributed by atoms with E-state index in [0.717, 1.165) is 18.2 Å². The molecule has 1 aromatic carbocycles. The summed E-state index contributed by atoms with van der Waals surface area (Å²) >= 11 is 0. The Labute approximate surface area is 114 Å². The van der Waals surface area contributed by atoms with Crippen LogP contribution in [0.3, 0.4) is 0 Å². The van der Waals surface area contributed by atoms with Crippen molar-refractivity contribution < 1.29 is 13.2 Å². The van der Waals surface area contributed by atoms with Crippen LogP contribution in [0.4, 0.5) is 10.5 Å². The first-order valence-corrected chi connectivity index (χ1v) is 8.01. The number of hydrogen-bond donors (Lipinski definition) is 2. The van der Waals surface area contributed by atoms with E-state index in [2.05, 4.69) is 10.6 Å². The standard InChI is InChI=1S/C13H20N2O3S/c1-5-10(3)14-13(16)15-12-8-11(19(4,17)18)7-6-9(12)2/h6-8,10H,5H2,1-4H3,(H2,14,15,16)/t10-/m1/s1. The van der Waals surface area contributed by atoms with Crippen LogP contribution in [0.5, 0.6) is 0 Å². The average molecular weight is 284 g/mol. The molecule has 5 nitrogen and oxygen atoms in total.